The highest BCUT2D eigenvalue weighted by atomic mass is 32.2. The minimum atomic E-state index is -0.419. The van der Waals surface area contributed by atoms with Crippen molar-refractivity contribution < 1.29 is 9.13 Å². The van der Waals surface area contributed by atoms with Crippen LogP contribution in [-0.4, -0.2) is 6.26 Å². The summed E-state index contributed by atoms with van der Waals surface area (Å²) in [5.74, 6) is 0.841. The van der Waals surface area contributed by atoms with Crippen LogP contribution in [0.3, 0.4) is 0 Å². The van der Waals surface area contributed by atoms with Crippen molar-refractivity contribution in [1.29, 1.82) is 0 Å². The summed E-state index contributed by atoms with van der Waals surface area (Å²) in [4.78, 5) is 1.00. The van der Waals surface area contributed by atoms with Gasteiger partial charge in [0.05, 0.1) is 0 Å². The van der Waals surface area contributed by atoms with E-state index in [0.717, 1.165) is 4.90 Å². The van der Waals surface area contributed by atoms with Gasteiger partial charge in [-0.3, -0.25) is 0 Å². The number of nitrogens with two attached hydrogens (primary N) is 1. The summed E-state index contributed by atoms with van der Waals surface area (Å²) < 4.78 is 19.7. The maximum atomic E-state index is 13.8. The van der Waals surface area contributed by atoms with Gasteiger partial charge in [0, 0.05) is 16.5 Å². The van der Waals surface area contributed by atoms with E-state index in [1.54, 1.807) is 30.8 Å². The molecule has 2 aromatic rings. The van der Waals surface area contributed by atoms with E-state index in [-0.39, 0.29) is 5.82 Å². The quantitative estimate of drug-likeness (QED) is 0.843. The number of thioether (sulfide) groups is 1. The molecular weight excluding hydrogens is 261 g/mol. The lowest BCUT2D eigenvalue weighted by atomic mass is 10.1. The summed E-state index contributed by atoms with van der Waals surface area (Å²) in [5.41, 5.74) is 6.22. The number of para-hydroxylation sites is 1. The highest BCUT2D eigenvalue weighted by Gasteiger charge is 2.15. The Hall–Kier alpha value is -1.52. The van der Waals surface area contributed by atoms with Crippen molar-refractivity contribution in [3.63, 3.8) is 0 Å². The molecule has 0 radical (unpaired) electrons. The van der Waals surface area contributed by atoms with Gasteiger partial charge in [0.25, 0.3) is 0 Å². The Bertz CT molecular complexity index is 572. The van der Waals surface area contributed by atoms with Gasteiger partial charge in [0.15, 0.2) is 0 Å². The van der Waals surface area contributed by atoms with Crippen LogP contribution in [0.25, 0.3) is 0 Å². The average Bonchev–Trinajstić information content (AvgIpc) is 2.39. The molecule has 1 atom stereocenters. The fourth-order valence-corrected chi connectivity index (χ4v) is 2.40. The summed E-state index contributed by atoms with van der Waals surface area (Å²) >= 11 is 1.58. The molecule has 0 heterocycles. The summed E-state index contributed by atoms with van der Waals surface area (Å²) in [5, 5.41) is 0. The van der Waals surface area contributed by atoms with Crippen molar-refractivity contribution in [3.05, 3.63) is 53.8 Å². The molecule has 0 saturated heterocycles. The van der Waals surface area contributed by atoms with Gasteiger partial charge in [-0.15, -0.1) is 11.8 Å². The molecule has 0 saturated carbocycles. The van der Waals surface area contributed by atoms with Crippen LogP contribution in [0, 0.1) is 5.82 Å². The Morgan fingerprint density at radius 2 is 1.79 bits per heavy atom. The second-order valence-corrected chi connectivity index (χ2v) is 5.04. The zero-order valence-electron chi connectivity index (χ0n) is 10.9. The van der Waals surface area contributed by atoms with E-state index in [1.807, 2.05) is 30.5 Å². The van der Waals surface area contributed by atoms with E-state index in [1.165, 1.54) is 6.07 Å². The first-order chi connectivity index (χ1) is 9.13. The number of benzene rings is 2. The highest BCUT2D eigenvalue weighted by molar-refractivity contribution is 7.98. The van der Waals surface area contributed by atoms with Crippen LogP contribution in [0.1, 0.15) is 18.5 Å². The standard InChI is InChI=1S/C15H16FNOS/c1-10(17)15-11(16)6-5-8-13(15)18-12-7-3-4-9-14(12)19-2/h3-10H,17H2,1-2H3/t10-/m1/s1. The van der Waals surface area contributed by atoms with Crippen molar-refractivity contribution in [1.82, 2.24) is 0 Å². The second kappa shape index (κ2) is 6.08. The largest absolute Gasteiger partial charge is 0.456 e. The first kappa shape index (κ1) is 13.9. The maximum Gasteiger partial charge on any atom is 0.140 e. The molecule has 0 fully saturated rings. The van der Waals surface area contributed by atoms with Crippen LogP contribution < -0.4 is 10.5 Å². The molecule has 0 bridgehead atoms. The maximum absolute atomic E-state index is 13.8. The van der Waals surface area contributed by atoms with Crippen molar-refractivity contribution in [2.45, 2.75) is 17.9 Å². The molecule has 2 rings (SSSR count). The summed E-state index contributed by atoms with van der Waals surface area (Å²) in [7, 11) is 0. The molecule has 0 spiro atoms. The third kappa shape index (κ3) is 3.08. The molecule has 0 unspecified atom stereocenters. The minimum absolute atomic E-state index is 0.339. The van der Waals surface area contributed by atoms with Gasteiger partial charge >= 0.3 is 0 Å². The van der Waals surface area contributed by atoms with Gasteiger partial charge in [-0.25, -0.2) is 4.39 Å². The van der Waals surface area contributed by atoms with Crippen LogP contribution in [0.4, 0.5) is 4.39 Å². The zero-order valence-corrected chi connectivity index (χ0v) is 11.7. The summed E-state index contributed by atoms with van der Waals surface area (Å²) in [6, 6.07) is 12.0. The molecular formula is C15H16FNOS. The Morgan fingerprint density at radius 1 is 1.11 bits per heavy atom. The number of hydrogen-bond acceptors (Lipinski definition) is 3. The van der Waals surface area contributed by atoms with E-state index in [4.69, 9.17) is 10.5 Å². The molecule has 0 aliphatic rings. The van der Waals surface area contributed by atoms with Crippen molar-refractivity contribution in [3.8, 4) is 11.5 Å². The highest BCUT2D eigenvalue weighted by Crippen LogP contribution is 2.35. The minimum Gasteiger partial charge on any atom is -0.456 e. The van der Waals surface area contributed by atoms with Crippen LogP contribution in [0.15, 0.2) is 47.4 Å². The van der Waals surface area contributed by atoms with Gasteiger partial charge in [0.2, 0.25) is 0 Å². The van der Waals surface area contributed by atoms with Crippen LogP contribution >= 0.6 is 11.8 Å². The molecule has 4 heteroatoms. The molecule has 2 nitrogen and oxygen atoms in total. The molecule has 19 heavy (non-hydrogen) atoms. The first-order valence-electron chi connectivity index (χ1n) is 5.98. The van der Waals surface area contributed by atoms with E-state index < -0.39 is 6.04 Å². The van der Waals surface area contributed by atoms with E-state index in [9.17, 15) is 4.39 Å². The van der Waals surface area contributed by atoms with Gasteiger partial charge in [-0.2, -0.15) is 0 Å². The lowest BCUT2D eigenvalue weighted by Gasteiger charge is -2.15. The first-order valence-corrected chi connectivity index (χ1v) is 7.21. The summed E-state index contributed by atoms with van der Waals surface area (Å²) in [6.45, 7) is 1.74. The van der Waals surface area contributed by atoms with Crippen LogP contribution in [0.5, 0.6) is 11.5 Å². The number of halogens is 1. The third-order valence-corrected chi connectivity index (χ3v) is 3.53. The zero-order chi connectivity index (χ0) is 13.8. The number of ether oxygens (including phenoxy) is 1. The summed E-state index contributed by atoms with van der Waals surface area (Å²) in [6.07, 6.45) is 1.97. The van der Waals surface area contributed by atoms with Gasteiger partial charge in [0.1, 0.15) is 17.3 Å². The Kier molecular flexibility index (Phi) is 4.45. The lowest BCUT2D eigenvalue weighted by molar-refractivity contribution is 0.451. The molecule has 0 aliphatic heterocycles. The van der Waals surface area contributed by atoms with Crippen LogP contribution in [0.2, 0.25) is 0 Å². The van der Waals surface area contributed by atoms with Gasteiger partial charge in [-0.1, -0.05) is 18.2 Å². The smallest absolute Gasteiger partial charge is 0.140 e. The average molecular weight is 277 g/mol. The Balaban J connectivity index is 2.41. The van der Waals surface area contributed by atoms with Crippen LogP contribution in [-0.2, 0) is 0 Å². The Labute approximate surface area is 116 Å². The van der Waals surface area contributed by atoms with Gasteiger partial charge in [-0.05, 0) is 37.4 Å². The Morgan fingerprint density at radius 3 is 2.47 bits per heavy atom. The second-order valence-electron chi connectivity index (χ2n) is 4.19. The fraction of sp³-hybridized carbons (Fsp3) is 0.200. The van der Waals surface area contributed by atoms with Crippen molar-refractivity contribution in [2.75, 3.05) is 6.26 Å². The lowest BCUT2D eigenvalue weighted by Crippen LogP contribution is -2.09. The fourth-order valence-electron chi connectivity index (χ4n) is 1.87. The van der Waals surface area contributed by atoms with Crippen molar-refractivity contribution >= 4 is 11.8 Å². The third-order valence-electron chi connectivity index (χ3n) is 2.76. The van der Waals surface area contributed by atoms with Gasteiger partial charge < -0.3 is 10.5 Å². The number of hydrogen-bond donors (Lipinski definition) is 1. The molecule has 100 valence electrons. The molecule has 0 aromatic heterocycles. The molecule has 0 amide bonds. The SMILES string of the molecule is CSc1ccccc1Oc1cccc(F)c1[C@@H](C)N. The van der Waals surface area contributed by atoms with E-state index in [0.29, 0.717) is 17.1 Å². The predicted octanol–water partition coefficient (Wildman–Crippen LogP) is 4.36. The molecule has 2 aromatic carbocycles. The van der Waals surface area contributed by atoms with Crippen molar-refractivity contribution in [2.24, 2.45) is 5.73 Å². The molecule has 2 N–H and O–H groups in total. The normalized spacial score (nSPS) is 12.2. The monoisotopic (exact) mass is 277 g/mol. The molecule has 0 aliphatic carbocycles. The van der Waals surface area contributed by atoms with E-state index >= 15 is 0 Å². The van der Waals surface area contributed by atoms with E-state index in [2.05, 4.69) is 0 Å². The number of rotatable bonds is 4. The topological polar surface area (TPSA) is 35.2 Å². The predicted molar refractivity (Wildman–Crippen MR) is 77.3 cm³/mol.